The van der Waals surface area contributed by atoms with Crippen LogP contribution in [-0.2, 0) is 6.42 Å². The maximum absolute atomic E-state index is 13.6. The molecule has 2 aromatic carbocycles. The highest BCUT2D eigenvalue weighted by molar-refractivity contribution is 6.30. The van der Waals surface area contributed by atoms with E-state index in [1.54, 1.807) is 6.07 Å². The number of rotatable bonds is 6. The lowest BCUT2D eigenvalue weighted by atomic mass is 9.78. The van der Waals surface area contributed by atoms with Crippen molar-refractivity contribution in [2.24, 2.45) is 11.8 Å². The van der Waals surface area contributed by atoms with Crippen LogP contribution < -0.4 is 0 Å². The van der Waals surface area contributed by atoms with Gasteiger partial charge < -0.3 is 0 Å². The Kier molecular flexibility index (Phi) is 6.53. The second-order valence-corrected chi connectivity index (χ2v) is 7.95. The molecule has 1 fully saturated rings. The summed E-state index contributed by atoms with van der Waals surface area (Å²) in [6, 6.07) is 13.6. The molecule has 25 heavy (non-hydrogen) atoms. The summed E-state index contributed by atoms with van der Waals surface area (Å²) < 4.78 is 13.6. The van der Waals surface area contributed by atoms with Gasteiger partial charge in [0.2, 0.25) is 0 Å². The zero-order chi connectivity index (χ0) is 17.6. The molecule has 1 aliphatic carbocycles. The lowest BCUT2D eigenvalue weighted by Gasteiger charge is -2.28. The minimum atomic E-state index is -0.359. The number of hydrogen-bond donors (Lipinski definition) is 0. The van der Waals surface area contributed by atoms with Crippen molar-refractivity contribution >= 4 is 11.6 Å². The predicted molar refractivity (Wildman–Crippen MR) is 106 cm³/mol. The van der Waals surface area contributed by atoms with Gasteiger partial charge in [0, 0.05) is 0 Å². The normalized spacial score (nSPS) is 20.6. The van der Waals surface area contributed by atoms with Crippen molar-refractivity contribution in [1.82, 2.24) is 0 Å². The average molecular weight is 359 g/mol. The van der Waals surface area contributed by atoms with Crippen molar-refractivity contribution in [3.63, 3.8) is 0 Å². The van der Waals surface area contributed by atoms with Crippen LogP contribution >= 0.6 is 11.6 Å². The van der Waals surface area contributed by atoms with Gasteiger partial charge in [-0.2, -0.15) is 0 Å². The van der Waals surface area contributed by atoms with E-state index in [-0.39, 0.29) is 10.8 Å². The van der Waals surface area contributed by atoms with Crippen LogP contribution in [0.5, 0.6) is 0 Å². The van der Waals surface area contributed by atoms with Crippen LogP contribution in [0.4, 0.5) is 4.39 Å². The second kappa shape index (κ2) is 8.85. The molecule has 0 nitrogen and oxygen atoms in total. The van der Waals surface area contributed by atoms with Crippen molar-refractivity contribution in [1.29, 1.82) is 0 Å². The largest absolute Gasteiger partial charge is 0.205 e. The monoisotopic (exact) mass is 358 g/mol. The molecule has 2 heteroatoms. The van der Waals surface area contributed by atoms with Crippen LogP contribution in [0.1, 0.15) is 57.4 Å². The smallest absolute Gasteiger partial charge is 0.142 e. The molecule has 1 aliphatic rings. The molecule has 0 saturated heterocycles. The Labute approximate surface area is 156 Å². The summed E-state index contributed by atoms with van der Waals surface area (Å²) in [6.45, 7) is 2.30. The van der Waals surface area contributed by atoms with Gasteiger partial charge in [0.05, 0.1) is 5.02 Å². The fourth-order valence-electron chi connectivity index (χ4n) is 4.13. The van der Waals surface area contributed by atoms with E-state index in [9.17, 15) is 4.39 Å². The van der Waals surface area contributed by atoms with Crippen LogP contribution in [0, 0.1) is 17.7 Å². The Morgan fingerprint density at radius 3 is 2.08 bits per heavy atom. The van der Waals surface area contributed by atoms with Gasteiger partial charge in [-0.05, 0) is 53.5 Å². The highest BCUT2D eigenvalue weighted by atomic mass is 35.5. The number of benzene rings is 2. The first kappa shape index (κ1) is 18.5. The zero-order valence-electron chi connectivity index (χ0n) is 15.1. The van der Waals surface area contributed by atoms with E-state index < -0.39 is 0 Å². The fourth-order valence-corrected chi connectivity index (χ4v) is 4.24. The van der Waals surface area contributed by atoms with E-state index in [2.05, 4.69) is 31.2 Å². The third-order valence-corrected chi connectivity index (χ3v) is 6.02. The summed E-state index contributed by atoms with van der Waals surface area (Å²) in [4.78, 5) is 0. The van der Waals surface area contributed by atoms with Crippen molar-refractivity contribution in [2.75, 3.05) is 0 Å². The van der Waals surface area contributed by atoms with Gasteiger partial charge in [-0.25, -0.2) is 4.39 Å². The molecule has 0 radical (unpaired) electrons. The topological polar surface area (TPSA) is 0 Å². The van der Waals surface area contributed by atoms with Crippen LogP contribution in [-0.4, -0.2) is 0 Å². The van der Waals surface area contributed by atoms with Gasteiger partial charge in [-0.3, -0.25) is 0 Å². The summed E-state index contributed by atoms with van der Waals surface area (Å²) in [7, 11) is 0. The Balaban J connectivity index is 1.52. The quantitative estimate of drug-likeness (QED) is 0.496. The van der Waals surface area contributed by atoms with Crippen LogP contribution in [0.3, 0.4) is 0 Å². The third-order valence-electron chi connectivity index (χ3n) is 5.71. The number of aryl methyl sites for hydroxylation is 1. The van der Waals surface area contributed by atoms with Crippen LogP contribution in [0.15, 0.2) is 42.5 Å². The fraction of sp³-hybridized carbons (Fsp3) is 0.478. The molecule has 0 bridgehead atoms. The lowest BCUT2D eigenvalue weighted by molar-refractivity contribution is 0.252. The molecule has 0 N–H and O–H groups in total. The summed E-state index contributed by atoms with van der Waals surface area (Å²) in [6.07, 6.45) is 10.9. The predicted octanol–water partition coefficient (Wildman–Crippen LogP) is 7.69. The second-order valence-electron chi connectivity index (χ2n) is 7.54. The minimum absolute atomic E-state index is 0.175. The van der Waals surface area contributed by atoms with Crippen LogP contribution in [0.25, 0.3) is 11.1 Å². The molecule has 0 aliphatic heterocycles. The molecule has 2 aromatic rings. The SMILES string of the molecule is CCCC1CCC(CCc2ccc(-c3ccc(Cl)c(F)c3)cc2)CC1. The van der Waals surface area contributed by atoms with E-state index in [4.69, 9.17) is 11.6 Å². The average Bonchev–Trinajstić information content (AvgIpc) is 2.64. The Hall–Kier alpha value is -1.34. The van der Waals surface area contributed by atoms with Gasteiger partial charge in [0.25, 0.3) is 0 Å². The highest BCUT2D eigenvalue weighted by Gasteiger charge is 2.20. The van der Waals surface area contributed by atoms with E-state index in [0.717, 1.165) is 29.4 Å². The van der Waals surface area contributed by atoms with Crippen molar-refractivity contribution < 1.29 is 4.39 Å². The Bertz CT molecular complexity index is 669. The first-order valence-corrected chi connectivity index (χ1v) is 10.1. The molecule has 3 rings (SSSR count). The summed E-state index contributed by atoms with van der Waals surface area (Å²) in [5.41, 5.74) is 3.30. The molecule has 0 atom stereocenters. The lowest BCUT2D eigenvalue weighted by Crippen LogP contribution is -2.15. The highest BCUT2D eigenvalue weighted by Crippen LogP contribution is 2.34. The van der Waals surface area contributed by atoms with Crippen molar-refractivity contribution in [3.05, 3.63) is 58.9 Å². The molecule has 0 unspecified atom stereocenters. The summed E-state index contributed by atoms with van der Waals surface area (Å²) in [5, 5.41) is 0.175. The molecule has 0 spiro atoms. The Morgan fingerprint density at radius 2 is 1.48 bits per heavy atom. The van der Waals surface area contributed by atoms with Gasteiger partial charge in [0.15, 0.2) is 0 Å². The number of halogens is 2. The standard InChI is InChI=1S/C23H28ClF/c1-2-3-17-4-6-18(7-5-17)8-9-19-10-12-20(13-11-19)21-14-15-22(24)23(25)16-21/h10-18H,2-9H2,1H3. The first-order chi connectivity index (χ1) is 12.2. The molecule has 0 amide bonds. The third kappa shape index (κ3) is 5.07. The van der Waals surface area contributed by atoms with Gasteiger partial charge in [0.1, 0.15) is 5.82 Å². The van der Waals surface area contributed by atoms with Crippen molar-refractivity contribution in [3.8, 4) is 11.1 Å². The summed E-state index contributed by atoms with van der Waals surface area (Å²) >= 11 is 5.76. The van der Waals surface area contributed by atoms with Crippen LogP contribution in [0.2, 0.25) is 5.02 Å². The molecular weight excluding hydrogens is 331 g/mol. The first-order valence-electron chi connectivity index (χ1n) is 9.70. The van der Waals surface area contributed by atoms with Gasteiger partial charge in [-0.1, -0.05) is 87.4 Å². The minimum Gasteiger partial charge on any atom is -0.205 e. The summed E-state index contributed by atoms with van der Waals surface area (Å²) in [5.74, 6) is 1.53. The van der Waals surface area contributed by atoms with E-state index in [1.807, 2.05) is 6.07 Å². The maximum atomic E-state index is 13.6. The molecule has 1 saturated carbocycles. The molecular formula is C23H28ClF. The zero-order valence-corrected chi connectivity index (χ0v) is 15.9. The molecule has 0 aromatic heterocycles. The van der Waals surface area contributed by atoms with E-state index >= 15 is 0 Å². The van der Waals surface area contributed by atoms with Gasteiger partial charge in [-0.15, -0.1) is 0 Å². The van der Waals surface area contributed by atoms with Gasteiger partial charge >= 0.3 is 0 Å². The molecule has 0 heterocycles. The Morgan fingerprint density at radius 1 is 0.880 bits per heavy atom. The molecule has 134 valence electrons. The van der Waals surface area contributed by atoms with E-state index in [0.29, 0.717) is 0 Å². The van der Waals surface area contributed by atoms with Crippen molar-refractivity contribution in [2.45, 2.75) is 58.3 Å². The number of hydrogen-bond acceptors (Lipinski definition) is 0. The van der Waals surface area contributed by atoms with E-state index in [1.165, 1.54) is 56.6 Å². The maximum Gasteiger partial charge on any atom is 0.142 e.